The maximum absolute atomic E-state index is 13.0. The Kier molecular flexibility index (Phi) is 5.49. The van der Waals surface area contributed by atoms with Gasteiger partial charge in [-0.15, -0.1) is 0 Å². The number of piperidine rings is 1. The molecule has 1 saturated heterocycles. The summed E-state index contributed by atoms with van der Waals surface area (Å²) >= 11 is 0. The summed E-state index contributed by atoms with van der Waals surface area (Å²) in [5, 5.41) is 0. The number of anilines is 1. The van der Waals surface area contributed by atoms with Crippen molar-refractivity contribution in [1.29, 1.82) is 0 Å². The van der Waals surface area contributed by atoms with Crippen LogP contribution in [0.25, 0.3) is 0 Å². The first-order valence-electron chi connectivity index (χ1n) is 7.59. The zero-order valence-electron chi connectivity index (χ0n) is 12.8. The van der Waals surface area contributed by atoms with E-state index in [9.17, 15) is 14.0 Å². The fourth-order valence-electron chi connectivity index (χ4n) is 2.83. The van der Waals surface area contributed by atoms with Crippen LogP contribution >= 0.6 is 0 Å². The molecule has 0 bridgehead atoms. The SMILES string of the molecule is CCN(C(=O)CN1CCC[C@H](C(N)=O)C1)c1ccc(F)cc1. The van der Waals surface area contributed by atoms with Crippen LogP contribution < -0.4 is 10.6 Å². The third kappa shape index (κ3) is 4.04. The van der Waals surface area contributed by atoms with Gasteiger partial charge in [0.15, 0.2) is 0 Å². The fourth-order valence-corrected chi connectivity index (χ4v) is 2.83. The first kappa shape index (κ1) is 16.4. The largest absolute Gasteiger partial charge is 0.369 e. The van der Waals surface area contributed by atoms with Gasteiger partial charge in [0.05, 0.1) is 12.5 Å². The van der Waals surface area contributed by atoms with E-state index in [4.69, 9.17) is 5.73 Å². The quantitative estimate of drug-likeness (QED) is 0.893. The molecular weight excluding hydrogens is 285 g/mol. The highest BCUT2D eigenvalue weighted by atomic mass is 19.1. The van der Waals surface area contributed by atoms with Crippen molar-refractivity contribution in [3.63, 3.8) is 0 Å². The lowest BCUT2D eigenvalue weighted by Gasteiger charge is -2.32. The third-order valence-corrected chi connectivity index (χ3v) is 4.02. The van der Waals surface area contributed by atoms with Crippen molar-refractivity contribution in [2.45, 2.75) is 19.8 Å². The number of hydrogen-bond acceptors (Lipinski definition) is 3. The van der Waals surface area contributed by atoms with E-state index in [0.717, 1.165) is 19.4 Å². The Balaban J connectivity index is 2.00. The number of likely N-dealkylation sites (tertiary alicyclic amines) is 1. The average Bonchev–Trinajstić information content (AvgIpc) is 2.50. The van der Waals surface area contributed by atoms with Gasteiger partial charge in [-0.25, -0.2) is 4.39 Å². The number of rotatable bonds is 5. The van der Waals surface area contributed by atoms with Gasteiger partial charge in [0, 0.05) is 18.8 Å². The topological polar surface area (TPSA) is 66.6 Å². The molecule has 1 heterocycles. The van der Waals surface area contributed by atoms with E-state index in [1.165, 1.54) is 12.1 Å². The minimum absolute atomic E-state index is 0.0563. The maximum atomic E-state index is 13.0. The molecule has 0 saturated carbocycles. The summed E-state index contributed by atoms with van der Waals surface area (Å²) in [6.07, 6.45) is 1.65. The molecular formula is C16H22FN3O2. The summed E-state index contributed by atoms with van der Waals surface area (Å²) in [7, 11) is 0. The number of amides is 2. The minimum Gasteiger partial charge on any atom is -0.369 e. The summed E-state index contributed by atoms with van der Waals surface area (Å²) in [6.45, 7) is 3.95. The number of primary amides is 1. The molecule has 1 aliphatic rings. The number of nitrogens with two attached hydrogens (primary N) is 1. The molecule has 1 atom stereocenters. The number of likely N-dealkylation sites (N-methyl/N-ethyl adjacent to an activating group) is 1. The molecule has 0 aromatic heterocycles. The highest BCUT2D eigenvalue weighted by Gasteiger charge is 2.26. The second-order valence-corrected chi connectivity index (χ2v) is 5.59. The highest BCUT2D eigenvalue weighted by Crippen LogP contribution is 2.18. The lowest BCUT2D eigenvalue weighted by atomic mass is 9.97. The Bertz CT molecular complexity index is 533. The number of carbonyl (C=O) groups is 2. The molecule has 1 aromatic carbocycles. The molecule has 22 heavy (non-hydrogen) atoms. The van der Waals surface area contributed by atoms with Crippen LogP contribution in [0.15, 0.2) is 24.3 Å². The van der Waals surface area contributed by atoms with Gasteiger partial charge in [-0.2, -0.15) is 0 Å². The molecule has 1 aliphatic heterocycles. The molecule has 2 amide bonds. The van der Waals surface area contributed by atoms with Gasteiger partial charge < -0.3 is 10.6 Å². The monoisotopic (exact) mass is 307 g/mol. The zero-order valence-corrected chi connectivity index (χ0v) is 12.8. The number of carbonyl (C=O) groups excluding carboxylic acids is 2. The Hall–Kier alpha value is -1.95. The number of nitrogens with zero attached hydrogens (tertiary/aromatic N) is 2. The van der Waals surface area contributed by atoms with Crippen molar-refractivity contribution in [2.75, 3.05) is 31.1 Å². The normalized spacial score (nSPS) is 18.9. The van der Waals surface area contributed by atoms with Crippen molar-refractivity contribution >= 4 is 17.5 Å². The standard InChI is InChI=1S/C16H22FN3O2/c1-2-20(14-7-5-13(17)6-8-14)15(21)11-19-9-3-4-12(10-19)16(18)22/h5-8,12H,2-4,9-11H2,1H3,(H2,18,22)/t12-/m0/s1. The lowest BCUT2D eigenvalue weighted by molar-refractivity contribution is -0.125. The molecule has 1 aromatic rings. The van der Waals surface area contributed by atoms with Crippen LogP contribution in [0.3, 0.4) is 0 Å². The van der Waals surface area contributed by atoms with Crippen molar-refractivity contribution in [1.82, 2.24) is 4.90 Å². The summed E-state index contributed by atoms with van der Waals surface area (Å²) in [4.78, 5) is 27.4. The van der Waals surface area contributed by atoms with Crippen molar-refractivity contribution < 1.29 is 14.0 Å². The van der Waals surface area contributed by atoms with Gasteiger partial charge in [-0.3, -0.25) is 14.5 Å². The van der Waals surface area contributed by atoms with Crippen LogP contribution in [-0.4, -0.2) is 42.9 Å². The molecule has 0 radical (unpaired) electrons. The number of hydrogen-bond donors (Lipinski definition) is 1. The fraction of sp³-hybridized carbons (Fsp3) is 0.500. The second-order valence-electron chi connectivity index (χ2n) is 5.59. The van der Waals surface area contributed by atoms with Crippen LogP contribution in [0, 0.1) is 11.7 Å². The first-order chi connectivity index (χ1) is 10.5. The van der Waals surface area contributed by atoms with Gasteiger partial charge in [0.2, 0.25) is 11.8 Å². The Morgan fingerprint density at radius 2 is 2.05 bits per heavy atom. The van der Waals surface area contributed by atoms with Crippen molar-refractivity contribution in [3.8, 4) is 0 Å². The molecule has 6 heteroatoms. The molecule has 0 spiro atoms. The number of halogens is 1. The van der Waals surface area contributed by atoms with Crippen molar-refractivity contribution in [2.24, 2.45) is 11.7 Å². The average molecular weight is 307 g/mol. The van der Waals surface area contributed by atoms with Gasteiger partial charge in [-0.1, -0.05) is 0 Å². The zero-order chi connectivity index (χ0) is 16.1. The van der Waals surface area contributed by atoms with Gasteiger partial charge in [0.1, 0.15) is 5.82 Å². The van der Waals surface area contributed by atoms with Gasteiger partial charge in [0.25, 0.3) is 0 Å². The van der Waals surface area contributed by atoms with E-state index >= 15 is 0 Å². The van der Waals surface area contributed by atoms with E-state index in [-0.39, 0.29) is 30.1 Å². The molecule has 0 aliphatic carbocycles. The van der Waals surface area contributed by atoms with Gasteiger partial charge in [-0.05, 0) is 50.6 Å². The lowest BCUT2D eigenvalue weighted by Crippen LogP contribution is -2.46. The first-order valence-corrected chi connectivity index (χ1v) is 7.59. The summed E-state index contributed by atoms with van der Waals surface area (Å²) < 4.78 is 13.0. The minimum atomic E-state index is -0.326. The van der Waals surface area contributed by atoms with Crippen LogP contribution in [0.1, 0.15) is 19.8 Å². The highest BCUT2D eigenvalue weighted by molar-refractivity contribution is 5.94. The van der Waals surface area contributed by atoms with Crippen molar-refractivity contribution in [3.05, 3.63) is 30.1 Å². The summed E-state index contributed by atoms with van der Waals surface area (Å²) in [6, 6.07) is 5.88. The van der Waals surface area contributed by atoms with Crippen LogP contribution in [0.5, 0.6) is 0 Å². The molecule has 0 unspecified atom stereocenters. The van der Waals surface area contributed by atoms with Crippen LogP contribution in [0.4, 0.5) is 10.1 Å². The van der Waals surface area contributed by atoms with E-state index in [0.29, 0.717) is 18.8 Å². The van der Waals surface area contributed by atoms with Crippen LogP contribution in [-0.2, 0) is 9.59 Å². The Labute approximate surface area is 129 Å². The smallest absolute Gasteiger partial charge is 0.241 e. The second kappa shape index (κ2) is 7.35. The molecule has 1 fully saturated rings. The third-order valence-electron chi connectivity index (χ3n) is 4.02. The predicted octanol–water partition coefficient (Wildman–Crippen LogP) is 1.38. The molecule has 2 rings (SSSR count). The Morgan fingerprint density at radius 1 is 1.36 bits per heavy atom. The molecule has 2 N–H and O–H groups in total. The maximum Gasteiger partial charge on any atom is 0.241 e. The van der Waals surface area contributed by atoms with E-state index in [2.05, 4.69) is 0 Å². The van der Waals surface area contributed by atoms with Gasteiger partial charge >= 0.3 is 0 Å². The van der Waals surface area contributed by atoms with E-state index in [1.54, 1.807) is 17.0 Å². The van der Waals surface area contributed by atoms with Crippen LogP contribution in [0.2, 0.25) is 0 Å². The molecule has 5 nitrogen and oxygen atoms in total. The summed E-state index contributed by atoms with van der Waals surface area (Å²) in [5.74, 6) is -0.864. The Morgan fingerprint density at radius 3 is 2.64 bits per heavy atom. The number of benzene rings is 1. The van der Waals surface area contributed by atoms with E-state index in [1.807, 2.05) is 11.8 Å². The van der Waals surface area contributed by atoms with E-state index < -0.39 is 0 Å². The molecule has 120 valence electrons. The summed E-state index contributed by atoms with van der Waals surface area (Å²) in [5.41, 5.74) is 6.03. The predicted molar refractivity (Wildman–Crippen MR) is 82.8 cm³/mol.